The maximum absolute atomic E-state index is 12.2. The zero-order valence-corrected chi connectivity index (χ0v) is 12.1. The summed E-state index contributed by atoms with van der Waals surface area (Å²) in [4.78, 5) is 36.0. The number of halogens is 1. The highest BCUT2D eigenvalue weighted by molar-refractivity contribution is 9.10. The van der Waals surface area contributed by atoms with E-state index < -0.39 is 12.0 Å². The van der Waals surface area contributed by atoms with E-state index in [0.29, 0.717) is 23.1 Å². The molecule has 100 valence electrons. The third-order valence-corrected chi connectivity index (χ3v) is 3.83. The molecule has 0 radical (unpaired) electrons. The van der Waals surface area contributed by atoms with Gasteiger partial charge in [-0.1, -0.05) is 28.1 Å². The average molecular weight is 326 g/mol. The van der Waals surface area contributed by atoms with Crippen LogP contribution in [-0.4, -0.2) is 41.7 Å². The van der Waals surface area contributed by atoms with Gasteiger partial charge in [-0.3, -0.25) is 9.59 Å². The molecule has 1 aliphatic rings. The van der Waals surface area contributed by atoms with Crippen LogP contribution in [0.2, 0.25) is 0 Å². The number of carbonyl (C=O) groups excluding carboxylic acids is 3. The predicted molar refractivity (Wildman–Crippen MR) is 71.7 cm³/mol. The molecule has 5 nitrogen and oxygen atoms in total. The van der Waals surface area contributed by atoms with Crippen molar-refractivity contribution in [2.45, 2.75) is 11.2 Å². The fourth-order valence-corrected chi connectivity index (χ4v) is 2.65. The van der Waals surface area contributed by atoms with Gasteiger partial charge in [0.2, 0.25) is 0 Å². The Morgan fingerprint density at radius 1 is 1.42 bits per heavy atom. The summed E-state index contributed by atoms with van der Waals surface area (Å²) in [5.41, 5.74) is 1.57. The number of Topliss-reactive ketones (excluding diaryl/α,β-unsaturated/α-hetero) is 1. The van der Waals surface area contributed by atoms with Crippen LogP contribution in [0.3, 0.4) is 0 Å². The SMILES string of the molecule is COC(=O)N(C)C(=O)c1cccc2c1CC(Br)C2=O. The summed E-state index contributed by atoms with van der Waals surface area (Å²) in [6, 6.07) is 4.94. The number of methoxy groups -OCH3 is 1. The maximum Gasteiger partial charge on any atom is 0.416 e. The fourth-order valence-electron chi connectivity index (χ4n) is 2.08. The van der Waals surface area contributed by atoms with E-state index in [1.807, 2.05) is 0 Å². The standard InChI is InChI=1S/C13H12BrNO4/c1-15(13(18)19-2)12(17)8-5-3-4-7-9(8)6-10(14)11(7)16/h3-5,10H,6H2,1-2H3. The molecule has 0 saturated carbocycles. The first-order valence-electron chi connectivity index (χ1n) is 5.63. The number of ketones is 1. The van der Waals surface area contributed by atoms with E-state index in [0.717, 1.165) is 4.90 Å². The van der Waals surface area contributed by atoms with Gasteiger partial charge in [0.15, 0.2) is 5.78 Å². The molecule has 0 spiro atoms. The number of fused-ring (bicyclic) bond motifs is 1. The largest absolute Gasteiger partial charge is 0.452 e. The Morgan fingerprint density at radius 3 is 2.74 bits per heavy atom. The fraction of sp³-hybridized carbons (Fsp3) is 0.308. The summed E-state index contributed by atoms with van der Waals surface area (Å²) >= 11 is 3.28. The van der Waals surface area contributed by atoms with Crippen molar-refractivity contribution >= 4 is 33.7 Å². The number of nitrogens with zero attached hydrogens (tertiary/aromatic N) is 1. The number of carbonyl (C=O) groups is 3. The van der Waals surface area contributed by atoms with Crippen LogP contribution in [-0.2, 0) is 11.2 Å². The van der Waals surface area contributed by atoms with Crippen molar-refractivity contribution in [1.29, 1.82) is 0 Å². The zero-order valence-electron chi connectivity index (χ0n) is 10.5. The van der Waals surface area contributed by atoms with Gasteiger partial charge in [-0.05, 0) is 18.1 Å². The lowest BCUT2D eigenvalue weighted by Crippen LogP contribution is -2.33. The van der Waals surface area contributed by atoms with Crippen LogP contribution in [0, 0.1) is 0 Å². The van der Waals surface area contributed by atoms with Crippen LogP contribution in [0.1, 0.15) is 26.3 Å². The minimum atomic E-state index is -0.734. The Bertz CT molecular complexity index is 570. The number of hydrogen-bond donors (Lipinski definition) is 0. The van der Waals surface area contributed by atoms with Crippen LogP contribution in [0.25, 0.3) is 0 Å². The second-order valence-electron chi connectivity index (χ2n) is 4.20. The highest BCUT2D eigenvalue weighted by Gasteiger charge is 2.33. The molecule has 0 N–H and O–H groups in total. The molecule has 0 bridgehead atoms. The number of rotatable bonds is 1. The molecule has 0 aliphatic heterocycles. The summed E-state index contributed by atoms with van der Waals surface area (Å²) in [6.07, 6.45) is -0.284. The first-order valence-corrected chi connectivity index (χ1v) is 6.55. The normalized spacial score (nSPS) is 17.0. The van der Waals surface area contributed by atoms with E-state index in [4.69, 9.17) is 0 Å². The molecular weight excluding hydrogens is 314 g/mol. The highest BCUT2D eigenvalue weighted by Crippen LogP contribution is 2.30. The minimum Gasteiger partial charge on any atom is -0.452 e. The number of imide groups is 1. The third-order valence-electron chi connectivity index (χ3n) is 3.09. The molecule has 0 fully saturated rings. The molecular formula is C13H12BrNO4. The Balaban J connectivity index is 2.41. The van der Waals surface area contributed by atoms with Crippen LogP contribution in [0.15, 0.2) is 18.2 Å². The van der Waals surface area contributed by atoms with Crippen molar-refractivity contribution in [2.75, 3.05) is 14.2 Å². The van der Waals surface area contributed by atoms with Gasteiger partial charge >= 0.3 is 6.09 Å². The van der Waals surface area contributed by atoms with Crippen LogP contribution >= 0.6 is 15.9 Å². The molecule has 1 aromatic rings. The zero-order chi connectivity index (χ0) is 14.2. The van der Waals surface area contributed by atoms with Gasteiger partial charge in [0.05, 0.1) is 11.9 Å². The van der Waals surface area contributed by atoms with E-state index in [9.17, 15) is 14.4 Å². The summed E-state index contributed by atoms with van der Waals surface area (Å²) in [7, 11) is 2.55. The molecule has 1 aromatic carbocycles. The van der Waals surface area contributed by atoms with Crippen molar-refractivity contribution in [3.63, 3.8) is 0 Å². The van der Waals surface area contributed by atoms with Crippen LogP contribution < -0.4 is 0 Å². The number of hydrogen-bond acceptors (Lipinski definition) is 4. The van der Waals surface area contributed by atoms with E-state index in [-0.39, 0.29) is 10.6 Å². The molecule has 2 rings (SSSR count). The van der Waals surface area contributed by atoms with E-state index in [1.165, 1.54) is 14.2 Å². The number of benzene rings is 1. The summed E-state index contributed by atoms with van der Waals surface area (Å²) in [6.45, 7) is 0. The monoisotopic (exact) mass is 325 g/mol. The molecule has 19 heavy (non-hydrogen) atoms. The third kappa shape index (κ3) is 2.28. The van der Waals surface area contributed by atoms with Crippen LogP contribution in [0.5, 0.6) is 0 Å². The van der Waals surface area contributed by atoms with Gasteiger partial charge < -0.3 is 4.74 Å². The number of ether oxygens (including phenoxy) is 1. The second-order valence-corrected chi connectivity index (χ2v) is 5.31. The summed E-state index contributed by atoms with van der Waals surface area (Å²) < 4.78 is 4.51. The van der Waals surface area contributed by atoms with E-state index in [2.05, 4.69) is 20.7 Å². The lowest BCUT2D eigenvalue weighted by Gasteiger charge is -2.15. The van der Waals surface area contributed by atoms with E-state index >= 15 is 0 Å². The lowest BCUT2D eigenvalue weighted by atomic mass is 10.0. The van der Waals surface area contributed by atoms with Crippen molar-refractivity contribution in [3.8, 4) is 0 Å². The Labute approximate surface area is 118 Å². The molecule has 1 atom stereocenters. The van der Waals surface area contributed by atoms with Crippen LogP contribution in [0.4, 0.5) is 4.79 Å². The van der Waals surface area contributed by atoms with Gasteiger partial charge in [0.25, 0.3) is 5.91 Å². The quantitative estimate of drug-likeness (QED) is 0.741. The number of alkyl halides is 1. The lowest BCUT2D eigenvalue weighted by molar-refractivity contribution is 0.0750. The molecule has 0 saturated heterocycles. The molecule has 0 heterocycles. The van der Waals surface area contributed by atoms with Crippen molar-refractivity contribution in [2.24, 2.45) is 0 Å². The van der Waals surface area contributed by atoms with Gasteiger partial charge in [-0.2, -0.15) is 0 Å². The average Bonchev–Trinajstić information content (AvgIpc) is 2.72. The number of amides is 2. The molecule has 6 heteroatoms. The molecule has 0 aromatic heterocycles. The highest BCUT2D eigenvalue weighted by atomic mass is 79.9. The van der Waals surface area contributed by atoms with Gasteiger partial charge in [-0.15, -0.1) is 0 Å². The topological polar surface area (TPSA) is 63.7 Å². The summed E-state index contributed by atoms with van der Waals surface area (Å²) in [5.74, 6) is -0.511. The molecule has 1 unspecified atom stereocenters. The van der Waals surface area contributed by atoms with Gasteiger partial charge in [-0.25, -0.2) is 9.69 Å². The Kier molecular flexibility index (Phi) is 3.71. The second kappa shape index (κ2) is 5.13. The first kappa shape index (κ1) is 13.7. The molecule has 2 amide bonds. The molecule has 1 aliphatic carbocycles. The Morgan fingerprint density at radius 2 is 2.11 bits per heavy atom. The van der Waals surface area contributed by atoms with Gasteiger partial charge in [0.1, 0.15) is 0 Å². The first-order chi connectivity index (χ1) is 8.97. The summed E-state index contributed by atoms with van der Waals surface area (Å²) in [5, 5.41) is 0. The smallest absolute Gasteiger partial charge is 0.416 e. The van der Waals surface area contributed by atoms with Crippen molar-refractivity contribution < 1.29 is 19.1 Å². The van der Waals surface area contributed by atoms with E-state index in [1.54, 1.807) is 18.2 Å². The minimum absolute atomic E-state index is 0.0367. The maximum atomic E-state index is 12.2. The Hall–Kier alpha value is -1.69. The van der Waals surface area contributed by atoms with Crippen molar-refractivity contribution in [1.82, 2.24) is 4.90 Å². The predicted octanol–water partition coefficient (Wildman–Crippen LogP) is 2.03. The van der Waals surface area contributed by atoms with Gasteiger partial charge in [0, 0.05) is 18.2 Å². The van der Waals surface area contributed by atoms with Crippen molar-refractivity contribution in [3.05, 3.63) is 34.9 Å².